The zero-order chi connectivity index (χ0) is 52.2. The van der Waals surface area contributed by atoms with Crippen LogP contribution in [0.4, 0.5) is 0 Å². The van der Waals surface area contributed by atoms with Crippen LogP contribution in [-0.4, -0.2) is 37.2 Å². The molecule has 0 aromatic heterocycles. The van der Waals surface area contributed by atoms with Gasteiger partial charge in [0.1, 0.15) is 13.2 Å². The van der Waals surface area contributed by atoms with Gasteiger partial charge in [0.15, 0.2) is 6.10 Å². The van der Waals surface area contributed by atoms with E-state index in [0.29, 0.717) is 19.3 Å². The molecule has 0 amide bonds. The molecule has 0 aromatic carbocycles. The lowest BCUT2D eigenvalue weighted by atomic mass is 10.0. The van der Waals surface area contributed by atoms with E-state index in [4.69, 9.17) is 14.2 Å². The third-order valence-corrected chi connectivity index (χ3v) is 14.4. The molecule has 0 aliphatic rings. The van der Waals surface area contributed by atoms with Crippen molar-refractivity contribution < 1.29 is 28.6 Å². The van der Waals surface area contributed by atoms with Gasteiger partial charge in [-0.2, -0.15) is 0 Å². The summed E-state index contributed by atoms with van der Waals surface area (Å²) >= 11 is 0. The number of rotatable bonds is 59. The topological polar surface area (TPSA) is 78.9 Å². The Morgan fingerprint density at radius 2 is 0.500 bits per heavy atom. The SMILES string of the molecule is CCCCC/C=C\C/C=C\C/C=C\CCCCCCCCC(=O)OC(COC(=O)CCCCCCCC)COC(=O)CCCCCCCCCCCCCCCCCCCCCCCCCCCCCCC. The number of carbonyl (C=O) groups excluding carboxylic acids is 3. The fourth-order valence-electron chi connectivity index (χ4n) is 9.57. The molecule has 0 rings (SSSR count). The molecule has 6 heteroatoms. The molecule has 1 atom stereocenters. The Balaban J connectivity index is 4.01. The van der Waals surface area contributed by atoms with Crippen LogP contribution in [-0.2, 0) is 28.6 Å². The Bertz CT molecular complexity index is 1210. The first-order chi connectivity index (χ1) is 35.5. The number of ether oxygens (including phenoxy) is 3. The maximum Gasteiger partial charge on any atom is 0.306 e. The van der Waals surface area contributed by atoms with Crippen molar-refractivity contribution in [1.82, 2.24) is 0 Å². The maximum atomic E-state index is 12.8. The van der Waals surface area contributed by atoms with Crippen LogP contribution in [0.5, 0.6) is 0 Å². The zero-order valence-corrected chi connectivity index (χ0v) is 48.5. The minimum Gasteiger partial charge on any atom is -0.462 e. The Hall–Kier alpha value is -2.37. The number of allylic oxidation sites excluding steroid dienone is 6. The van der Waals surface area contributed by atoms with Crippen LogP contribution in [0, 0.1) is 0 Å². The molecule has 6 nitrogen and oxygen atoms in total. The van der Waals surface area contributed by atoms with Gasteiger partial charge in [-0.25, -0.2) is 0 Å². The third kappa shape index (κ3) is 58.5. The molecule has 0 N–H and O–H groups in total. The van der Waals surface area contributed by atoms with Crippen molar-refractivity contribution in [3.8, 4) is 0 Å². The molecule has 72 heavy (non-hydrogen) atoms. The minimum atomic E-state index is -0.774. The Morgan fingerprint density at radius 1 is 0.278 bits per heavy atom. The summed E-state index contributed by atoms with van der Waals surface area (Å²) in [6.45, 7) is 6.59. The summed E-state index contributed by atoms with van der Waals surface area (Å²) in [7, 11) is 0. The van der Waals surface area contributed by atoms with E-state index < -0.39 is 6.10 Å². The van der Waals surface area contributed by atoms with E-state index in [-0.39, 0.29) is 31.1 Å². The van der Waals surface area contributed by atoms with Gasteiger partial charge in [0.25, 0.3) is 0 Å². The van der Waals surface area contributed by atoms with Crippen molar-refractivity contribution >= 4 is 17.9 Å². The van der Waals surface area contributed by atoms with Crippen LogP contribution < -0.4 is 0 Å². The van der Waals surface area contributed by atoms with Gasteiger partial charge in [-0.1, -0.05) is 308 Å². The Morgan fingerprint density at radius 3 is 0.806 bits per heavy atom. The van der Waals surface area contributed by atoms with E-state index in [9.17, 15) is 14.4 Å². The van der Waals surface area contributed by atoms with E-state index >= 15 is 0 Å². The molecule has 0 radical (unpaired) electrons. The smallest absolute Gasteiger partial charge is 0.306 e. The summed E-state index contributed by atoms with van der Waals surface area (Å²) in [5.41, 5.74) is 0. The van der Waals surface area contributed by atoms with Gasteiger partial charge in [0.2, 0.25) is 0 Å². The lowest BCUT2D eigenvalue weighted by molar-refractivity contribution is -0.167. The molecule has 0 spiro atoms. The highest BCUT2D eigenvalue weighted by Crippen LogP contribution is 2.18. The summed E-state index contributed by atoms with van der Waals surface area (Å²) < 4.78 is 16.8. The molecule has 0 saturated heterocycles. The van der Waals surface area contributed by atoms with Crippen molar-refractivity contribution in [2.75, 3.05) is 13.2 Å². The second-order valence-corrected chi connectivity index (χ2v) is 21.7. The van der Waals surface area contributed by atoms with Crippen LogP contribution in [0.3, 0.4) is 0 Å². The molecule has 0 saturated carbocycles. The first-order valence-electron chi connectivity index (χ1n) is 32.0. The second-order valence-electron chi connectivity index (χ2n) is 21.7. The molecule has 0 aliphatic heterocycles. The van der Waals surface area contributed by atoms with E-state index in [0.717, 1.165) is 77.0 Å². The average Bonchev–Trinajstić information content (AvgIpc) is 3.38. The van der Waals surface area contributed by atoms with Crippen molar-refractivity contribution in [3.63, 3.8) is 0 Å². The van der Waals surface area contributed by atoms with Crippen molar-refractivity contribution in [2.45, 2.75) is 354 Å². The standard InChI is InChI=1S/C66H122O6/c1-4-7-10-13-16-18-20-22-24-26-28-29-30-31-32-33-34-35-36-37-39-40-42-44-46-48-50-53-56-59-65(68)71-62-63(61-70-64(67)58-55-52-15-12-9-6-3)72-66(69)60-57-54-51-49-47-45-43-41-38-27-25-23-21-19-17-14-11-8-5-2/h17,19,23,25,38,41,63H,4-16,18,20-22,24,26-37,39-40,42-62H2,1-3H3/b19-17-,25-23-,41-38-. The molecule has 0 aliphatic carbocycles. The van der Waals surface area contributed by atoms with Crippen LogP contribution in [0.1, 0.15) is 348 Å². The average molecular weight is 1010 g/mol. The lowest BCUT2D eigenvalue weighted by Gasteiger charge is -2.18. The van der Waals surface area contributed by atoms with Gasteiger partial charge in [-0.15, -0.1) is 0 Å². The Labute approximate surface area is 448 Å². The van der Waals surface area contributed by atoms with Gasteiger partial charge < -0.3 is 14.2 Å². The van der Waals surface area contributed by atoms with Crippen LogP contribution >= 0.6 is 0 Å². The van der Waals surface area contributed by atoms with Gasteiger partial charge in [0, 0.05) is 19.3 Å². The summed E-state index contributed by atoms with van der Waals surface area (Å²) in [6.07, 6.45) is 74.9. The largest absolute Gasteiger partial charge is 0.462 e. The van der Waals surface area contributed by atoms with E-state index in [1.54, 1.807) is 0 Å². The number of unbranched alkanes of at least 4 members (excludes halogenated alkanes) is 42. The number of hydrogen-bond acceptors (Lipinski definition) is 6. The highest BCUT2D eigenvalue weighted by Gasteiger charge is 2.19. The predicted octanol–water partition coefficient (Wildman–Crippen LogP) is 21.6. The van der Waals surface area contributed by atoms with E-state index in [2.05, 4.69) is 57.2 Å². The quantitative estimate of drug-likeness (QED) is 0.0261. The number of carbonyl (C=O) groups is 3. The van der Waals surface area contributed by atoms with E-state index in [1.807, 2.05) is 0 Å². The molecule has 0 fully saturated rings. The fraction of sp³-hybridized carbons (Fsp3) is 0.864. The van der Waals surface area contributed by atoms with Gasteiger partial charge in [0.05, 0.1) is 0 Å². The van der Waals surface area contributed by atoms with Crippen LogP contribution in [0.2, 0.25) is 0 Å². The summed E-state index contributed by atoms with van der Waals surface area (Å²) in [6, 6.07) is 0. The lowest BCUT2D eigenvalue weighted by Crippen LogP contribution is -2.30. The Kier molecular flexibility index (Phi) is 59.2. The summed E-state index contributed by atoms with van der Waals surface area (Å²) in [5.74, 6) is -0.878. The van der Waals surface area contributed by atoms with Crippen LogP contribution in [0.15, 0.2) is 36.5 Å². The van der Waals surface area contributed by atoms with Gasteiger partial charge in [-0.3, -0.25) is 14.4 Å². The van der Waals surface area contributed by atoms with Crippen molar-refractivity contribution in [1.29, 1.82) is 0 Å². The molecule has 1 unspecified atom stereocenters. The second kappa shape index (κ2) is 61.2. The number of hydrogen-bond donors (Lipinski definition) is 0. The summed E-state index contributed by atoms with van der Waals surface area (Å²) in [5, 5.41) is 0. The minimum absolute atomic E-state index is 0.0737. The van der Waals surface area contributed by atoms with Gasteiger partial charge >= 0.3 is 17.9 Å². The summed E-state index contributed by atoms with van der Waals surface area (Å²) in [4.78, 5) is 38.0. The third-order valence-electron chi connectivity index (χ3n) is 14.4. The number of esters is 3. The fourth-order valence-corrected chi connectivity index (χ4v) is 9.57. The van der Waals surface area contributed by atoms with Crippen LogP contribution in [0.25, 0.3) is 0 Å². The molecular weight excluding hydrogens is 889 g/mol. The first-order valence-corrected chi connectivity index (χ1v) is 32.0. The highest BCUT2D eigenvalue weighted by molar-refractivity contribution is 5.71. The molecule has 0 heterocycles. The maximum absolute atomic E-state index is 12.8. The van der Waals surface area contributed by atoms with E-state index in [1.165, 1.54) is 231 Å². The predicted molar refractivity (Wildman–Crippen MR) is 312 cm³/mol. The van der Waals surface area contributed by atoms with Crippen molar-refractivity contribution in [2.24, 2.45) is 0 Å². The monoisotopic (exact) mass is 1010 g/mol. The van der Waals surface area contributed by atoms with Gasteiger partial charge in [-0.05, 0) is 57.8 Å². The molecule has 0 aromatic rings. The highest BCUT2D eigenvalue weighted by atomic mass is 16.6. The molecule has 0 bridgehead atoms. The first kappa shape index (κ1) is 69.6. The zero-order valence-electron chi connectivity index (χ0n) is 48.5. The van der Waals surface area contributed by atoms with Crippen molar-refractivity contribution in [3.05, 3.63) is 36.5 Å². The normalized spacial score (nSPS) is 12.2. The molecular formula is C66H122O6. The molecule has 422 valence electrons.